The van der Waals surface area contributed by atoms with Crippen molar-refractivity contribution in [3.8, 4) is 17.0 Å². The van der Waals surface area contributed by atoms with Crippen molar-refractivity contribution in [3.63, 3.8) is 0 Å². The molecule has 5 aromatic rings. The van der Waals surface area contributed by atoms with E-state index in [1.54, 1.807) is 36.3 Å². The van der Waals surface area contributed by atoms with Gasteiger partial charge in [0, 0.05) is 29.6 Å². The third-order valence-electron chi connectivity index (χ3n) is 5.83. The SMILES string of the molecule is Cc1cccnc1NC(=S)N/N=C/c1ccc2c(ccc3c(-c4ccc(OC(F)(F)F)cc4)n(C)nc32)c1. The number of ether oxygens (including phenoxy) is 1. The molecule has 5 rings (SSSR count). The first kappa shape index (κ1) is 25.2. The number of rotatable bonds is 5. The molecule has 3 aromatic carbocycles. The van der Waals surface area contributed by atoms with Crippen LogP contribution < -0.4 is 15.5 Å². The number of nitrogens with zero attached hydrogens (tertiary/aromatic N) is 4. The summed E-state index contributed by atoms with van der Waals surface area (Å²) < 4.78 is 43.2. The average molecular weight is 535 g/mol. The fourth-order valence-corrected chi connectivity index (χ4v) is 4.31. The summed E-state index contributed by atoms with van der Waals surface area (Å²) in [5.41, 5.74) is 6.92. The number of thiocarbonyl (C=S) groups is 1. The molecular formula is C27H21F3N6OS. The molecule has 0 fully saturated rings. The van der Waals surface area contributed by atoms with E-state index in [0.29, 0.717) is 10.9 Å². The number of aromatic nitrogens is 3. The smallest absolute Gasteiger partial charge is 0.406 e. The lowest BCUT2D eigenvalue weighted by Crippen LogP contribution is -2.24. The number of benzene rings is 3. The molecule has 0 atom stereocenters. The fourth-order valence-electron chi connectivity index (χ4n) is 4.16. The first-order chi connectivity index (χ1) is 18.2. The normalized spacial score (nSPS) is 11.8. The minimum Gasteiger partial charge on any atom is -0.406 e. The highest BCUT2D eigenvalue weighted by Crippen LogP contribution is 2.34. The second-order valence-corrected chi connectivity index (χ2v) is 8.89. The topological polar surface area (TPSA) is 76.4 Å². The van der Waals surface area contributed by atoms with Crippen LogP contribution in [0.5, 0.6) is 5.75 Å². The summed E-state index contributed by atoms with van der Waals surface area (Å²) in [6.07, 6.45) is -1.39. The number of pyridine rings is 1. The summed E-state index contributed by atoms with van der Waals surface area (Å²) in [6.45, 7) is 1.93. The van der Waals surface area contributed by atoms with E-state index in [2.05, 4.69) is 30.7 Å². The Balaban J connectivity index is 1.36. The molecular weight excluding hydrogens is 513 g/mol. The Labute approximate surface area is 220 Å². The standard InChI is InChI=1S/C27H21F3N6OS/c1-16-4-3-13-31-25(16)33-26(38)34-32-15-17-5-11-21-19(14-17)8-12-22-23(21)35-36(2)24(22)18-6-9-20(10-7-18)37-27(28,29)30/h3-15H,1-2H3,(H2,31,33,34,38)/b32-15+. The highest BCUT2D eigenvalue weighted by atomic mass is 32.1. The zero-order chi connectivity index (χ0) is 26.9. The van der Waals surface area contributed by atoms with Crippen molar-refractivity contribution < 1.29 is 17.9 Å². The fraction of sp³-hybridized carbons (Fsp3) is 0.111. The summed E-state index contributed by atoms with van der Waals surface area (Å²) in [5.74, 6) is 0.389. The van der Waals surface area contributed by atoms with Gasteiger partial charge < -0.3 is 10.1 Å². The summed E-state index contributed by atoms with van der Waals surface area (Å²) in [7, 11) is 1.80. The van der Waals surface area contributed by atoms with Gasteiger partial charge in [0.1, 0.15) is 17.1 Å². The van der Waals surface area contributed by atoms with Crippen molar-refractivity contribution in [2.24, 2.45) is 12.1 Å². The van der Waals surface area contributed by atoms with Crippen molar-refractivity contribution in [3.05, 3.63) is 84.1 Å². The van der Waals surface area contributed by atoms with Gasteiger partial charge in [-0.25, -0.2) is 4.98 Å². The number of hydrogen-bond acceptors (Lipinski definition) is 5. The van der Waals surface area contributed by atoms with Crippen LogP contribution in [0.25, 0.3) is 32.9 Å². The number of nitrogens with one attached hydrogen (secondary N) is 2. The molecule has 0 unspecified atom stereocenters. The van der Waals surface area contributed by atoms with Gasteiger partial charge in [-0.3, -0.25) is 10.1 Å². The number of halogens is 3. The van der Waals surface area contributed by atoms with E-state index in [4.69, 9.17) is 12.2 Å². The van der Waals surface area contributed by atoms with Crippen molar-refractivity contribution in [2.75, 3.05) is 5.32 Å². The number of hydrazone groups is 1. The molecule has 0 spiro atoms. The Morgan fingerprint density at radius 3 is 2.55 bits per heavy atom. The van der Waals surface area contributed by atoms with Crippen LogP contribution in [-0.2, 0) is 7.05 Å². The minimum absolute atomic E-state index is 0.273. The van der Waals surface area contributed by atoms with Crippen molar-refractivity contribution >= 4 is 51.0 Å². The average Bonchev–Trinajstić information content (AvgIpc) is 3.21. The van der Waals surface area contributed by atoms with Gasteiger partial charge in [0.2, 0.25) is 0 Å². The molecule has 0 bridgehead atoms. The van der Waals surface area contributed by atoms with Gasteiger partial charge in [0.15, 0.2) is 5.11 Å². The van der Waals surface area contributed by atoms with Crippen LogP contribution in [0.2, 0.25) is 0 Å². The summed E-state index contributed by atoms with van der Waals surface area (Å²) >= 11 is 5.28. The maximum Gasteiger partial charge on any atom is 0.573 e. The predicted octanol–water partition coefficient (Wildman–Crippen LogP) is 6.32. The van der Waals surface area contributed by atoms with Gasteiger partial charge in [0.25, 0.3) is 0 Å². The number of alkyl halides is 3. The monoisotopic (exact) mass is 534 g/mol. The molecule has 38 heavy (non-hydrogen) atoms. The van der Waals surface area contributed by atoms with Gasteiger partial charge >= 0.3 is 6.36 Å². The van der Waals surface area contributed by atoms with Gasteiger partial charge in [0.05, 0.1) is 11.9 Å². The second-order valence-electron chi connectivity index (χ2n) is 8.48. The summed E-state index contributed by atoms with van der Waals surface area (Å²) in [6, 6.07) is 19.3. The molecule has 11 heteroatoms. The molecule has 2 aromatic heterocycles. The van der Waals surface area contributed by atoms with E-state index in [9.17, 15) is 13.2 Å². The van der Waals surface area contributed by atoms with Crippen LogP contribution in [-0.4, -0.2) is 32.5 Å². The zero-order valence-electron chi connectivity index (χ0n) is 20.2. The third kappa shape index (κ3) is 5.42. The van der Waals surface area contributed by atoms with E-state index in [1.807, 2.05) is 49.4 Å². The molecule has 0 amide bonds. The van der Waals surface area contributed by atoms with Crippen LogP contribution in [0.4, 0.5) is 19.0 Å². The molecule has 0 radical (unpaired) electrons. The van der Waals surface area contributed by atoms with Crippen LogP contribution >= 0.6 is 12.2 Å². The van der Waals surface area contributed by atoms with E-state index in [1.165, 1.54) is 12.1 Å². The molecule has 192 valence electrons. The minimum atomic E-state index is -4.74. The molecule has 0 aliphatic rings. The maximum atomic E-state index is 12.5. The number of anilines is 1. The molecule has 0 aliphatic carbocycles. The highest BCUT2D eigenvalue weighted by molar-refractivity contribution is 7.80. The van der Waals surface area contributed by atoms with Crippen LogP contribution in [0.3, 0.4) is 0 Å². The molecule has 2 N–H and O–H groups in total. The molecule has 2 heterocycles. The summed E-state index contributed by atoms with van der Waals surface area (Å²) in [5, 5.41) is 15.0. The Hall–Kier alpha value is -4.51. The highest BCUT2D eigenvalue weighted by Gasteiger charge is 2.31. The maximum absolute atomic E-state index is 12.5. The Morgan fingerprint density at radius 2 is 1.82 bits per heavy atom. The lowest BCUT2D eigenvalue weighted by atomic mass is 10.0. The van der Waals surface area contributed by atoms with E-state index >= 15 is 0 Å². The van der Waals surface area contributed by atoms with Gasteiger partial charge in [-0.05, 0) is 78.1 Å². The number of hydrogen-bond donors (Lipinski definition) is 2. The summed E-state index contributed by atoms with van der Waals surface area (Å²) in [4.78, 5) is 4.24. The van der Waals surface area contributed by atoms with Crippen LogP contribution in [0, 0.1) is 6.92 Å². The largest absolute Gasteiger partial charge is 0.573 e. The Kier molecular flexibility index (Phi) is 6.68. The van der Waals surface area contributed by atoms with Gasteiger partial charge in [-0.15, -0.1) is 13.2 Å². The van der Waals surface area contributed by atoms with E-state index in [0.717, 1.165) is 44.1 Å². The van der Waals surface area contributed by atoms with E-state index < -0.39 is 6.36 Å². The van der Waals surface area contributed by atoms with Gasteiger partial charge in [-0.1, -0.05) is 24.3 Å². The quantitative estimate of drug-likeness (QED) is 0.156. The number of aryl methyl sites for hydroxylation is 2. The predicted molar refractivity (Wildman–Crippen MR) is 146 cm³/mol. The van der Waals surface area contributed by atoms with Crippen LogP contribution in [0.15, 0.2) is 78.0 Å². The molecule has 0 aliphatic heterocycles. The van der Waals surface area contributed by atoms with Crippen LogP contribution in [0.1, 0.15) is 11.1 Å². The number of fused-ring (bicyclic) bond motifs is 3. The van der Waals surface area contributed by atoms with E-state index in [-0.39, 0.29) is 5.75 Å². The molecule has 0 saturated carbocycles. The first-order valence-electron chi connectivity index (χ1n) is 11.5. The third-order valence-corrected chi connectivity index (χ3v) is 6.02. The second kappa shape index (κ2) is 10.1. The molecule has 0 saturated heterocycles. The Bertz CT molecular complexity index is 1680. The molecule has 7 nitrogen and oxygen atoms in total. The van der Waals surface area contributed by atoms with Crippen molar-refractivity contribution in [1.29, 1.82) is 0 Å². The lowest BCUT2D eigenvalue weighted by molar-refractivity contribution is -0.274. The zero-order valence-corrected chi connectivity index (χ0v) is 21.1. The van der Waals surface area contributed by atoms with Crippen molar-refractivity contribution in [2.45, 2.75) is 13.3 Å². The first-order valence-corrected chi connectivity index (χ1v) is 11.9. The van der Waals surface area contributed by atoms with Crippen molar-refractivity contribution in [1.82, 2.24) is 20.2 Å². The lowest BCUT2D eigenvalue weighted by Gasteiger charge is -2.09. The Morgan fingerprint density at radius 1 is 1.05 bits per heavy atom. The van der Waals surface area contributed by atoms with Gasteiger partial charge in [-0.2, -0.15) is 10.2 Å².